The normalized spacial score (nSPS) is 13.2. The summed E-state index contributed by atoms with van der Waals surface area (Å²) in [7, 11) is 5.29. The van der Waals surface area contributed by atoms with Crippen LogP contribution in [0.2, 0.25) is 0 Å². The van der Waals surface area contributed by atoms with Crippen LogP contribution >= 0.6 is 0 Å². The molecule has 0 aromatic heterocycles. The highest BCUT2D eigenvalue weighted by Crippen LogP contribution is 2.16. The van der Waals surface area contributed by atoms with Crippen LogP contribution in [0.15, 0.2) is 24.3 Å². The lowest BCUT2D eigenvalue weighted by Crippen LogP contribution is -2.46. The van der Waals surface area contributed by atoms with Gasteiger partial charge in [-0.15, -0.1) is 0 Å². The van der Waals surface area contributed by atoms with E-state index < -0.39 is 24.0 Å². The van der Waals surface area contributed by atoms with Crippen molar-refractivity contribution in [1.82, 2.24) is 10.2 Å². The monoisotopic (exact) mass is 339 g/mol. The van der Waals surface area contributed by atoms with Crippen molar-refractivity contribution in [2.75, 3.05) is 39.6 Å². The van der Waals surface area contributed by atoms with Crippen LogP contribution in [0.4, 0.5) is 5.69 Å². The first kappa shape index (κ1) is 19.9. The Hall–Kier alpha value is -2.16. The van der Waals surface area contributed by atoms with E-state index in [4.69, 9.17) is 4.74 Å². The van der Waals surface area contributed by atoms with E-state index in [-0.39, 0.29) is 0 Å². The number of hydrogen-bond donors (Lipinski definition) is 4. The minimum Gasteiger partial charge on any atom is -0.494 e. The van der Waals surface area contributed by atoms with Crippen molar-refractivity contribution in [3.63, 3.8) is 0 Å². The molecule has 0 heterocycles. The predicted octanol–water partition coefficient (Wildman–Crippen LogP) is -0.577. The van der Waals surface area contributed by atoms with Gasteiger partial charge in [0.25, 0.3) is 11.8 Å². The lowest BCUT2D eigenvalue weighted by Gasteiger charge is -2.16. The summed E-state index contributed by atoms with van der Waals surface area (Å²) < 4.78 is 5.57. The van der Waals surface area contributed by atoms with Gasteiger partial charge in [-0.1, -0.05) is 0 Å². The van der Waals surface area contributed by atoms with Crippen molar-refractivity contribution in [1.29, 1.82) is 0 Å². The van der Waals surface area contributed by atoms with Gasteiger partial charge in [-0.25, -0.2) is 0 Å². The van der Waals surface area contributed by atoms with E-state index in [2.05, 4.69) is 15.5 Å². The fourth-order valence-electron chi connectivity index (χ4n) is 1.86. The van der Waals surface area contributed by atoms with Crippen molar-refractivity contribution in [2.45, 2.75) is 18.6 Å². The van der Waals surface area contributed by atoms with Gasteiger partial charge >= 0.3 is 0 Å². The lowest BCUT2D eigenvalue weighted by molar-refractivity contribution is -0.142. The van der Waals surface area contributed by atoms with Crippen molar-refractivity contribution in [3.05, 3.63) is 24.3 Å². The number of benzene rings is 1. The number of nitrogens with one attached hydrogen (secondary N) is 2. The zero-order valence-electron chi connectivity index (χ0n) is 14.2. The molecular weight excluding hydrogens is 314 g/mol. The maximum atomic E-state index is 11.8. The molecule has 0 radical (unpaired) electrons. The summed E-state index contributed by atoms with van der Waals surface area (Å²) in [4.78, 5) is 25.1. The molecule has 1 aromatic rings. The molecule has 0 aliphatic heterocycles. The van der Waals surface area contributed by atoms with E-state index in [1.54, 1.807) is 24.3 Å². The quantitative estimate of drug-likeness (QED) is 0.448. The summed E-state index contributed by atoms with van der Waals surface area (Å²) in [5.74, 6) is -1.04. The molecule has 0 unspecified atom stereocenters. The second-order valence-corrected chi connectivity index (χ2v) is 5.52. The molecule has 0 aliphatic rings. The maximum Gasteiger partial charge on any atom is 0.256 e. The minimum atomic E-state index is -1.85. The van der Waals surface area contributed by atoms with Crippen LogP contribution in [-0.4, -0.2) is 73.4 Å². The van der Waals surface area contributed by atoms with Crippen LogP contribution in [0.1, 0.15) is 6.42 Å². The molecule has 0 saturated heterocycles. The number of anilines is 1. The molecule has 0 aliphatic carbocycles. The van der Waals surface area contributed by atoms with Gasteiger partial charge in [0.1, 0.15) is 5.75 Å². The lowest BCUT2D eigenvalue weighted by atomic mass is 10.1. The minimum absolute atomic E-state index is 0.420. The molecule has 1 aromatic carbocycles. The summed E-state index contributed by atoms with van der Waals surface area (Å²) in [6.45, 7) is 1.51. The molecule has 2 atom stereocenters. The Morgan fingerprint density at radius 1 is 1.12 bits per heavy atom. The van der Waals surface area contributed by atoms with E-state index in [9.17, 15) is 19.8 Å². The second-order valence-electron chi connectivity index (χ2n) is 5.52. The summed E-state index contributed by atoms with van der Waals surface area (Å²) in [6.07, 6.45) is -2.78. The number of likely N-dealkylation sites (N-methyl/N-ethyl adjacent to an activating group) is 1. The number of nitrogens with zero attached hydrogens (tertiary/aromatic N) is 1. The molecule has 134 valence electrons. The fraction of sp³-hybridized carbons (Fsp3) is 0.500. The van der Waals surface area contributed by atoms with Crippen LogP contribution in [0, 0.1) is 0 Å². The molecule has 8 nitrogen and oxygen atoms in total. The molecule has 0 fully saturated rings. The average molecular weight is 339 g/mol. The number of ether oxygens (including phenoxy) is 1. The number of hydrogen-bond acceptors (Lipinski definition) is 6. The fourth-order valence-corrected chi connectivity index (χ4v) is 1.86. The maximum absolute atomic E-state index is 11.8. The Morgan fingerprint density at radius 2 is 1.71 bits per heavy atom. The Labute approximate surface area is 141 Å². The zero-order valence-corrected chi connectivity index (χ0v) is 14.2. The van der Waals surface area contributed by atoms with Crippen LogP contribution < -0.4 is 15.4 Å². The number of aliphatic hydroxyl groups excluding tert-OH is 2. The third kappa shape index (κ3) is 6.53. The highest BCUT2D eigenvalue weighted by Gasteiger charge is 2.29. The molecule has 0 saturated carbocycles. The van der Waals surface area contributed by atoms with Gasteiger partial charge in [0, 0.05) is 19.3 Å². The Bertz CT molecular complexity index is 533. The van der Waals surface area contributed by atoms with E-state index in [0.717, 1.165) is 13.0 Å². The molecular formula is C16H25N3O5. The zero-order chi connectivity index (χ0) is 18.1. The smallest absolute Gasteiger partial charge is 0.256 e. The van der Waals surface area contributed by atoms with Gasteiger partial charge < -0.3 is 30.5 Å². The number of amides is 2. The molecule has 8 heteroatoms. The SMILES string of the molecule is CNC(=O)[C@H](O)[C@@H](O)C(=O)Nc1ccc(OCCCN(C)C)cc1. The van der Waals surface area contributed by atoms with E-state index in [1.165, 1.54) is 7.05 Å². The molecule has 0 spiro atoms. The van der Waals surface area contributed by atoms with E-state index >= 15 is 0 Å². The van der Waals surface area contributed by atoms with Crippen LogP contribution in [0.3, 0.4) is 0 Å². The average Bonchev–Trinajstić information content (AvgIpc) is 2.57. The first-order valence-electron chi connectivity index (χ1n) is 7.61. The first-order valence-corrected chi connectivity index (χ1v) is 7.61. The van der Waals surface area contributed by atoms with Gasteiger partial charge in [-0.2, -0.15) is 0 Å². The van der Waals surface area contributed by atoms with Gasteiger partial charge in [0.05, 0.1) is 6.61 Å². The van der Waals surface area contributed by atoms with E-state index in [1.807, 2.05) is 14.1 Å². The van der Waals surface area contributed by atoms with Crippen LogP contribution in [-0.2, 0) is 9.59 Å². The van der Waals surface area contributed by atoms with Gasteiger partial charge in [0.15, 0.2) is 12.2 Å². The van der Waals surface area contributed by atoms with Gasteiger partial charge in [-0.05, 0) is 44.8 Å². The van der Waals surface area contributed by atoms with Gasteiger partial charge in [-0.3, -0.25) is 9.59 Å². The number of carbonyl (C=O) groups is 2. The second kappa shape index (κ2) is 9.86. The topological polar surface area (TPSA) is 111 Å². The molecule has 2 amide bonds. The third-order valence-electron chi connectivity index (χ3n) is 3.22. The first-order chi connectivity index (χ1) is 11.3. The summed E-state index contributed by atoms with van der Waals surface area (Å²) in [5.41, 5.74) is 0.420. The summed E-state index contributed by atoms with van der Waals surface area (Å²) >= 11 is 0. The summed E-state index contributed by atoms with van der Waals surface area (Å²) in [5, 5.41) is 23.7. The standard InChI is InChI=1S/C16H25N3O5/c1-17-15(22)13(20)14(21)16(23)18-11-5-7-12(8-6-11)24-10-4-9-19(2)3/h5-8,13-14,20-21H,4,9-10H2,1-3H3,(H,17,22)(H,18,23)/t13-,14-/m1/s1. The number of aliphatic hydroxyl groups is 2. The Kier molecular flexibility index (Phi) is 8.17. The third-order valence-corrected chi connectivity index (χ3v) is 3.22. The van der Waals surface area contributed by atoms with E-state index in [0.29, 0.717) is 18.0 Å². The van der Waals surface area contributed by atoms with Crippen LogP contribution in [0.25, 0.3) is 0 Å². The highest BCUT2D eigenvalue weighted by molar-refractivity contribution is 5.98. The number of rotatable bonds is 9. The molecule has 1 rings (SSSR count). The Morgan fingerprint density at radius 3 is 2.25 bits per heavy atom. The number of carbonyl (C=O) groups excluding carboxylic acids is 2. The predicted molar refractivity (Wildman–Crippen MR) is 89.8 cm³/mol. The molecule has 4 N–H and O–H groups in total. The molecule has 0 bridgehead atoms. The largest absolute Gasteiger partial charge is 0.494 e. The van der Waals surface area contributed by atoms with Crippen molar-refractivity contribution < 1.29 is 24.5 Å². The van der Waals surface area contributed by atoms with Crippen molar-refractivity contribution in [3.8, 4) is 5.75 Å². The van der Waals surface area contributed by atoms with Crippen LogP contribution in [0.5, 0.6) is 5.75 Å². The summed E-state index contributed by atoms with van der Waals surface area (Å²) in [6, 6.07) is 6.59. The van der Waals surface area contributed by atoms with Crippen molar-refractivity contribution in [2.24, 2.45) is 0 Å². The van der Waals surface area contributed by atoms with Crippen molar-refractivity contribution >= 4 is 17.5 Å². The van der Waals surface area contributed by atoms with Gasteiger partial charge in [0.2, 0.25) is 0 Å². The Balaban J connectivity index is 2.48. The molecule has 24 heavy (non-hydrogen) atoms. The highest BCUT2D eigenvalue weighted by atomic mass is 16.5.